The Morgan fingerprint density at radius 2 is 1.17 bits per heavy atom. The van der Waals surface area contributed by atoms with E-state index in [9.17, 15) is 19.8 Å². The van der Waals surface area contributed by atoms with Crippen LogP contribution in [0.1, 0.15) is 110 Å². The third-order valence-corrected chi connectivity index (χ3v) is 5.37. The van der Waals surface area contributed by atoms with E-state index >= 15 is 0 Å². The first-order valence-corrected chi connectivity index (χ1v) is 11.6. The molecule has 3 atom stereocenters. The van der Waals surface area contributed by atoms with E-state index in [4.69, 9.17) is 5.11 Å². The summed E-state index contributed by atoms with van der Waals surface area (Å²) in [5.41, 5.74) is 0. The average Bonchev–Trinajstić information content (AvgIpc) is 2.69. The lowest BCUT2D eigenvalue weighted by molar-refractivity contribution is -0.194. The number of aliphatic hydroxyl groups excluding tert-OH is 3. The molecule has 0 aliphatic rings. The second-order valence-electron chi connectivity index (χ2n) is 8.13. The van der Waals surface area contributed by atoms with Crippen LogP contribution < -0.4 is 0 Å². The van der Waals surface area contributed by atoms with Gasteiger partial charge in [0.05, 0.1) is 6.61 Å². The monoisotopic (exact) mass is 416 g/mol. The molecule has 0 aromatic heterocycles. The molecule has 6 heteroatoms. The third-order valence-electron chi connectivity index (χ3n) is 5.37. The number of ether oxygens (including phenoxy) is 1. The molecule has 0 bridgehead atoms. The molecule has 0 aliphatic carbocycles. The summed E-state index contributed by atoms with van der Waals surface area (Å²) in [7, 11) is 0. The summed E-state index contributed by atoms with van der Waals surface area (Å²) >= 11 is 0. The number of esters is 1. The Balaban J connectivity index is 3.70. The van der Waals surface area contributed by atoms with Crippen LogP contribution in [0.5, 0.6) is 0 Å². The van der Waals surface area contributed by atoms with Crippen molar-refractivity contribution in [2.24, 2.45) is 5.92 Å². The molecule has 0 aliphatic heterocycles. The highest BCUT2D eigenvalue weighted by Crippen LogP contribution is 2.17. The summed E-state index contributed by atoms with van der Waals surface area (Å²) < 4.78 is 4.68. The van der Waals surface area contributed by atoms with E-state index in [1.165, 1.54) is 77.6 Å². The maximum Gasteiger partial charge on any atom is 0.318 e. The molecular formula is C23H44O6. The standard InChI is InChI=1S/C23H44O6/c1-3-4-5-6-7-8-9-10-11-12-13-14-15-16-17-20(19(2)25)22(27)29-23(28)21(26)18-24/h20-21,23-24,26,28H,3-18H2,1-2H3. The quantitative estimate of drug-likeness (QED) is 0.118. The first-order valence-electron chi connectivity index (χ1n) is 11.6. The maximum absolute atomic E-state index is 12.0. The molecule has 0 saturated heterocycles. The number of unbranched alkanes of at least 4 members (excludes halogenated alkanes) is 13. The third kappa shape index (κ3) is 15.5. The number of carbonyl (C=O) groups is 2. The van der Waals surface area contributed by atoms with Crippen molar-refractivity contribution in [1.29, 1.82) is 0 Å². The largest absolute Gasteiger partial charge is 0.432 e. The van der Waals surface area contributed by atoms with Crippen molar-refractivity contribution in [3.63, 3.8) is 0 Å². The van der Waals surface area contributed by atoms with Gasteiger partial charge in [0.1, 0.15) is 17.8 Å². The minimum Gasteiger partial charge on any atom is -0.432 e. The van der Waals surface area contributed by atoms with Gasteiger partial charge in [-0.25, -0.2) is 0 Å². The fraction of sp³-hybridized carbons (Fsp3) is 0.913. The summed E-state index contributed by atoms with van der Waals surface area (Å²) in [5, 5.41) is 27.4. The van der Waals surface area contributed by atoms with Crippen LogP contribution >= 0.6 is 0 Å². The lowest BCUT2D eigenvalue weighted by atomic mass is 9.96. The molecule has 172 valence electrons. The number of rotatable bonds is 20. The Morgan fingerprint density at radius 1 is 0.759 bits per heavy atom. The Labute approximate surface area is 177 Å². The van der Waals surface area contributed by atoms with Gasteiger partial charge in [-0.2, -0.15) is 0 Å². The molecule has 0 amide bonds. The second kappa shape index (κ2) is 19.0. The molecule has 0 aromatic carbocycles. The molecule has 0 fully saturated rings. The van der Waals surface area contributed by atoms with Gasteiger partial charge in [-0.3, -0.25) is 9.59 Å². The predicted molar refractivity (Wildman–Crippen MR) is 114 cm³/mol. The van der Waals surface area contributed by atoms with E-state index in [1.54, 1.807) is 0 Å². The van der Waals surface area contributed by atoms with Crippen LogP contribution in [0.3, 0.4) is 0 Å². The molecule has 3 unspecified atom stereocenters. The van der Waals surface area contributed by atoms with Crippen LogP contribution in [0.2, 0.25) is 0 Å². The van der Waals surface area contributed by atoms with E-state index in [2.05, 4.69) is 11.7 Å². The molecule has 0 saturated carbocycles. The van der Waals surface area contributed by atoms with Gasteiger partial charge < -0.3 is 20.1 Å². The summed E-state index contributed by atoms with van der Waals surface area (Å²) in [5.74, 6) is -2.07. The van der Waals surface area contributed by atoms with Crippen LogP contribution in [-0.4, -0.2) is 46.1 Å². The zero-order chi connectivity index (χ0) is 21.9. The molecule has 0 radical (unpaired) electrons. The molecular weight excluding hydrogens is 372 g/mol. The van der Waals surface area contributed by atoms with Crippen LogP contribution in [0.25, 0.3) is 0 Å². The van der Waals surface area contributed by atoms with Gasteiger partial charge in [-0.05, 0) is 13.3 Å². The SMILES string of the molecule is CCCCCCCCCCCCCCCCC(C(C)=O)C(=O)OC(O)C(O)CO. The minimum atomic E-state index is -1.81. The summed E-state index contributed by atoms with van der Waals surface area (Å²) in [6.07, 6.45) is 14.3. The minimum absolute atomic E-state index is 0.310. The molecule has 6 nitrogen and oxygen atoms in total. The first-order chi connectivity index (χ1) is 13.9. The van der Waals surface area contributed by atoms with Crippen molar-refractivity contribution in [1.82, 2.24) is 0 Å². The molecule has 0 rings (SSSR count). The van der Waals surface area contributed by atoms with Crippen LogP contribution in [0, 0.1) is 5.92 Å². The smallest absolute Gasteiger partial charge is 0.318 e. The number of hydrogen-bond acceptors (Lipinski definition) is 6. The summed E-state index contributed by atoms with van der Waals surface area (Å²) in [4.78, 5) is 23.7. The topological polar surface area (TPSA) is 104 Å². The highest BCUT2D eigenvalue weighted by molar-refractivity contribution is 5.97. The van der Waals surface area contributed by atoms with Crippen LogP contribution in [0.4, 0.5) is 0 Å². The lowest BCUT2D eigenvalue weighted by Gasteiger charge is -2.19. The molecule has 3 N–H and O–H groups in total. The summed E-state index contributed by atoms with van der Waals surface area (Å²) in [6.45, 7) is 2.84. The Hall–Kier alpha value is -0.980. The van der Waals surface area contributed by atoms with E-state index < -0.39 is 30.9 Å². The van der Waals surface area contributed by atoms with Gasteiger partial charge in [0.2, 0.25) is 6.29 Å². The van der Waals surface area contributed by atoms with Gasteiger partial charge in [0.25, 0.3) is 0 Å². The molecule has 0 spiro atoms. The van der Waals surface area contributed by atoms with Crippen molar-refractivity contribution in [3.8, 4) is 0 Å². The molecule has 0 aromatic rings. The number of aliphatic hydroxyl groups is 3. The van der Waals surface area contributed by atoms with Gasteiger partial charge in [-0.15, -0.1) is 0 Å². The van der Waals surface area contributed by atoms with Crippen molar-refractivity contribution in [3.05, 3.63) is 0 Å². The summed E-state index contributed by atoms with van der Waals surface area (Å²) in [6, 6.07) is 0. The fourth-order valence-electron chi connectivity index (χ4n) is 3.40. The van der Waals surface area contributed by atoms with Crippen LogP contribution in [-0.2, 0) is 14.3 Å². The van der Waals surface area contributed by atoms with Crippen molar-refractivity contribution >= 4 is 11.8 Å². The van der Waals surface area contributed by atoms with Crippen molar-refractivity contribution in [2.45, 2.75) is 123 Å². The Morgan fingerprint density at radius 3 is 1.55 bits per heavy atom. The van der Waals surface area contributed by atoms with Gasteiger partial charge in [0, 0.05) is 0 Å². The van der Waals surface area contributed by atoms with E-state index in [-0.39, 0.29) is 5.78 Å². The van der Waals surface area contributed by atoms with E-state index in [1.807, 2.05) is 0 Å². The predicted octanol–water partition coefficient (Wildman–Crippen LogP) is 4.28. The molecule has 0 heterocycles. The Kier molecular flexibility index (Phi) is 18.4. The van der Waals surface area contributed by atoms with E-state index in [0.717, 1.165) is 19.3 Å². The number of ketones is 1. The van der Waals surface area contributed by atoms with Gasteiger partial charge in [0.15, 0.2) is 0 Å². The normalized spacial score (nSPS) is 14.4. The Bertz CT molecular complexity index is 412. The van der Waals surface area contributed by atoms with E-state index in [0.29, 0.717) is 6.42 Å². The number of Topliss-reactive ketones (excluding diaryl/α,β-unsaturated/α-hetero) is 1. The highest BCUT2D eigenvalue weighted by atomic mass is 16.6. The number of carbonyl (C=O) groups excluding carboxylic acids is 2. The zero-order valence-electron chi connectivity index (χ0n) is 18.6. The van der Waals surface area contributed by atoms with Gasteiger partial charge in [-0.1, -0.05) is 96.8 Å². The zero-order valence-corrected chi connectivity index (χ0v) is 18.6. The van der Waals surface area contributed by atoms with Gasteiger partial charge >= 0.3 is 5.97 Å². The fourth-order valence-corrected chi connectivity index (χ4v) is 3.40. The average molecular weight is 417 g/mol. The first kappa shape index (κ1) is 28.0. The highest BCUT2D eigenvalue weighted by Gasteiger charge is 2.28. The van der Waals surface area contributed by atoms with Crippen molar-refractivity contribution in [2.75, 3.05) is 6.61 Å². The molecule has 29 heavy (non-hydrogen) atoms. The number of hydrogen-bond donors (Lipinski definition) is 3. The lowest BCUT2D eigenvalue weighted by Crippen LogP contribution is -2.37. The second-order valence-corrected chi connectivity index (χ2v) is 8.13. The maximum atomic E-state index is 12.0. The van der Waals surface area contributed by atoms with Crippen LogP contribution in [0.15, 0.2) is 0 Å². The van der Waals surface area contributed by atoms with Crippen molar-refractivity contribution < 1.29 is 29.6 Å².